The molecule has 1 amide bonds. The molecule has 0 aliphatic carbocycles. The van der Waals surface area contributed by atoms with E-state index in [1.807, 2.05) is 11.4 Å². The first-order valence-corrected chi connectivity index (χ1v) is 8.85. The average molecular weight is 313 g/mol. The van der Waals surface area contributed by atoms with E-state index in [9.17, 15) is 13.2 Å². The molecule has 0 spiro atoms. The molecule has 20 heavy (non-hydrogen) atoms. The van der Waals surface area contributed by atoms with Crippen molar-refractivity contribution in [1.82, 2.24) is 5.32 Å². The number of carbonyl (C=O) groups excluding carboxylic acids is 1. The molecule has 108 valence electrons. The molecule has 0 radical (unpaired) electrons. The van der Waals surface area contributed by atoms with Gasteiger partial charge in [0.05, 0.1) is 24.0 Å². The van der Waals surface area contributed by atoms with Gasteiger partial charge in [-0.3, -0.25) is 4.79 Å². The normalized spacial score (nSPS) is 20.1. The second-order valence-electron chi connectivity index (χ2n) is 4.58. The summed E-state index contributed by atoms with van der Waals surface area (Å²) in [4.78, 5) is 12.8. The van der Waals surface area contributed by atoms with Crippen LogP contribution in [0.25, 0.3) is 0 Å². The van der Waals surface area contributed by atoms with E-state index < -0.39 is 15.8 Å². The van der Waals surface area contributed by atoms with E-state index >= 15 is 0 Å². The average Bonchev–Trinajstić information content (AvgIpc) is 3.00. The Bertz CT molecular complexity index is 651. The molecule has 1 saturated heterocycles. The minimum Gasteiger partial charge on any atom is -0.384 e. The van der Waals surface area contributed by atoms with Gasteiger partial charge in [0.15, 0.2) is 9.84 Å². The first kappa shape index (κ1) is 15.0. The summed E-state index contributed by atoms with van der Waals surface area (Å²) in [5.74, 6) is 4.77. The van der Waals surface area contributed by atoms with Crippen LogP contribution in [0, 0.1) is 17.8 Å². The van der Waals surface area contributed by atoms with Crippen LogP contribution in [0.2, 0.25) is 0 Å². The minimum atomic E-state index is -3.03. The van der Waals surface area contributed by atoms with Crippen LogP contribution in [-0.4, -0.2) is 37.5 Å². The van der Waals surface area contributed by atoms with Crippen LogP contribution in [-0.2, 0) is 21.2 Å². The second kappa shape index (κ2) is 6.39. The first-order valence-electron chi connectivity index (χ1n) is 6.15. The van der Waals surface area contributed by atoms with Gasteiger partial charge in [0, 0.05) is 15.8 Å². The number of thiophene rings is 1. The number of carbonyl (C=O) groups is 1. The summed E-state index contributed by atoms with van der Waals surface area (Å²) >= 11 is 1.47. The number of amides is 1. The molecule has 5 nitrogen and oxygen atoms in total. The summed E-state index contributed by atoms with van der Waals surface area (Å²) in [6.45, 7) is 0.193. The highest BCUT2D eigenvalue weighted by Crippen LogP contribution is 2.19. The zero-order chi connectivity index (χ0) is 14.6. The zero-order valence-corrected chi connectivity index (χ0v) is 12.4. The van der Waals surface area contributed by atoms with Gasteiger partial charge in [0.1, 0.15) is 6.61 Å². The highest BCUT2D eigenvalue weighted by molar-refractivity contribution is 7.91. The minimum absolute atomic E-state index is 0.0451. The Balaban J connectivity index is 1.86. The lowest BCUT2D eigenvalue weighted by atomic mass is 10.1. The lowest BCUT2D eigenvalue weighted by Gasteiger charge is -2.07. The lowest BCUT2D eigenvalue weighted by Crippen LogP contribution is -2.30. The predicted octanol–water partition coefficient (Wildman–Crippen LogP) is 0.143. The maximum absolute atomic E-state index is 11.9. The van der Waals surface area contributed by atoms with Crippen molar-refractivity contribution in [1.29, 1.82) is 0 Å². The van der Waals surface area contributed by atoms with E-state index in [2.05, 4.69) is 17.2 Å². The molecule has 2 rings (SSSR count). The SMILES string of the molecule is O=C(NCc1cc(C#CCO)cs1)C1CCS(=O)(=O)C1. The molecule has 1 atom stereocenters. The quantitative estimate of drug-likeness (QED) is 0.778. The van der Waals surface area contributed by atoms with E-state index in [-0.39, 0.29) is 24.0 Å². The predicted molar refractivity (Wildman–Crippen MR) is 76.9 cm³/mol. The topological polar surface area (TPSA) is 83.5 Å². The molecule has 1 aliphatic heterocycles. The van der Waals surface area contributed by atoms with Gasteiger partial charge in [0.25, 0.3) is 0 Å². The summed E-state index contributed by atoms with van der Waals surface area (Å²) in [7, 11) is -3.03. The van der Waals surface area contributed by atoms with Crippen molar-refractivity contribution < 1.29 is 18.3 Å². The lowest BCUT2D eigenvalue weighted by molar-refractivity contribution is -0.124. The smallest absolute Gasteiger partial charge is 0.224 e. The molecule has 1 aromatic heterocycles. The third-order valence-corrected chi connectivity index (χ3v) is 5.71. The summed E-state index contributed by atoms with van der Waals surface area (Å²) in [6, 6.07) is 1.85. The van der Waals surface area contributed by atoms with Gasteiger partial charge in [-0.25, -0.2) is 8.42 Å². The van der Waals surface area contributed by atoms with Crippen LogP contribution >= 0.6 is 11.3 Å². The van der Waals surface area contributed by atoms with Gasteiger partial charge in [-0.2, -0.15) is 0 Å². The van der Waals surface area contributed by atoms with Crippen LogP contribution in [0.3, 0.4) is 0 Å². The Kier molecular flexibility index (Phi) is 4.81. The molecule has 0 saturated carbocycles. The fourth-order valence-corrected chi connectivity index (χ4v) is 4.50. The molecule has 1 aliphatic rings. The molecule has 1 aromatic rings. The van der Waals surface area contributed by atoms with Crippen molar-refractivity contribution in [2.45, 2.75) is 13.0 Å². The van der Waals surface area contributed by atoms with Crippen LogP contribution < -0.4 is 5.32 Å². The van der Waals surface area contributed by atoms with E-state index in [1.165, 1.54) is 11.3 Å². The second-order valence-corrected chi connectivity index (χ2v) is 7.80. The van der Waals surface area contributed by atoms with Gasteiger partial charge >= 0.3 is 0 Å². The van der Waals surface area contributed by atoms with E-state index in [4.69, 9.17) is 5.11 Å². The molecule has 1 fully saturated rings. The summed E-state index contributed by atoms with van der Waals surface area (Å²) < 4.78 is 22.6. The Labute approximate surface area is 121 Å². The van der Waals surface area contributed by atoms with Gasteiger partial charge < -0.3 is 10.4 Å². The van der Waals surface area contributed by atoms with Crippen LogP contribution in [0.1, 0.15) is 16.9 Å². The molecular weight excluding hydrogens is 298 g/mol. The van der Waals surface area contributed by atoms with Crippen molar-refractivity contribution in [2.75, 3.05) is 18.1 Å². The van der Waals surface area contributed by atoms with Gasteiger partial charge in [-0.05, 0) is 12.5 Å². The van der Waals surface area contributed by atoms with Crippen molar-refractivity contribution in [3.05, 3.63) is 21.9 Å². The molecule has 7 heteroatoms. The molecule has 2 heterocycles. The maximum Gasteiger partial charge on any atom is 0.224 e. The third kappa shape index (κ3) is 4.07. The maximum atomic E-state index is 11.9. The standard InChI is InChI=1S/C13H15NO4S2/c15-4-1-2-10-6-12(19-8-10)7-14-13(16)11-3-5-20(17,18)9-11/h6,8,11,15H,3-5,7,9H2,(H,14,16). The van der Waals surface area contributed by atoms with E-state index in [0.717, 1.165) is 10.4 Å². The zero-order valence-electron chi connectivity index (χ0n) is 10.8. The Morgan fingerprint density at radius 3 is 3.00 bits per heavy atom. The number of hydrogen-bond acceptors (Lipinski definition) is 5. The fraction of sp³-hybridized carbons (Fsp3) is 0.462. The van der Waals surface area contributed by atoms with E-state index in [0.29, 0.717) is 13.0 Å². The molecule has 2 N–H and O–H groups in total. The Hall–Kier alpha value is -1.36. The number of rotatable bonds is 3. The van der Waals surface area contributed by atoms with Gasteiger partial charge in [-0.1, -0.05) is 11.8 Å². The van der Waals surface area contributed by atoms with Crippen LogP contribution in [0.4, 0.5) is 0 Å². The van der Waals surface area contributed by atoms with Crippen molar-refractivity contribution in [2.24, 2.45) is 5.92 Å². The Morgan fingerprint density at radius 2 is 2.35 bits per heavy atom. The third-order valence-electron chi connectivity index (χ3n) is 3.01. The number of aliphatic hydroxyl groups is 1. The highest BCUT2D eigenvalue weighted by Gasteiger charge is 2.32. The van der Waals surface area contributed by atoms with Crippen molar-refractivity contribution in [3.8, 4) is 11.8 Å². The van der Waals surface area contributed by atoms with Crippen LogP contribution in [0.5, 0.6) is 0 Å². The Morgan fingerprint density at radius 1 is 1.55 bits per heavy atom. The van der Waals surface area contributed by atoms with Crippen molar-refractivity contribution in [3.63, 3.8) is 0 Å². The van der Waals surface area contributed by atoms with Crippen molar-refractivity contribution >= 4 is 27.1 Å². The summed E-state index contributed by atoms with van der Waals surface area (Å²) in [6.07, 6.45) is 0.409. The number of hydrogen-bond donors (Lipinski definition) is 2. The number of nitrogens with one attached hydrogen (secondary N) is 1. The summed E-state index contributed by atoms with van der Waals surface area (Å²) in [5.41, 5.74) is 0.803. The largest absolute Gasteiger partial charge is 0.384 e. The van der Waals surface area contributed by atoms with Gasteiger partial charge in [0.2, 0.25) is 5.91 Å². The summed E-state index contributed by atoms with van der Waals surface area (Å²) in [5, 5.41) is 13.2. The fourth-order valence-electron chi connectivity index (χ4n) is 2.00. The highest BCUT2D eigenvalue weighted by atomic mass is 32.2. The monoisotopic (exact) mass is 313 g/mol. The molecule has 0 aromatic carbocycles. The molecular formula is C13H15NO4S2. The van der Waals surface area contributed by atoms with Crippen LogP contribution in [0.15, 0.2) is 11.4 Å². The van der Waals surface area contributed by atoms with E-state index in [1.54, 1.807) is 0 Å². The number of aliphatic hydroxyl groups excluding tert-OH is 1. The molecule has 1 unspecified atom stereocenters. The van der Waals surface area contributed by atoms with Gasteiger partial charge in [-0.15, -0.1) is 11.3 Å². The first-order chi connectivity index (χ1) is 9.50. The molecule has 0 bridgehead atoms. The number of sulfone groups is 1.